The molecule has 3 rings (SSSR count). The molecule has 2 aliphatic rings. The lowest BCUT2D eigenvalue weighted by molar-refractivity contribution is -0.00707. The fourth-order valence-electron chi connectivity index (χ4n) is 3.60. The second-order valence-electron chi connectivity index (χ2n) is 7.53. The zero-order valence-electron chi connectivity index (χ0n) is 14.5. The Kier molecular flexibility index (Phi) is 4.90. The first-order valence-electron chi connectivity index (χ1n) is 8.34. The number of carbonyl (C=O) groups is 2. The molecule has 8 heteroatoms. The molecule has 3 heterocycles. The Bertz CT molecular complexity index is 669. The first kappa shape index (κ1) is 18.3. The van der Waals surface area contributed by atoms with Crippen LogP contribution in [0.2, 0.25) is 4.34 Å². The van der Waals surface area contributed by atoms with Crippen LogP contribution in [0.5, 0.6) is 5.75 Å². The van der Waals surface area contributed by atoms with Crippen molar-refractivity contribution in [3.05, 3.63) is 15.3 Å². The Morgan fingerprint density at radius 1 is 1.28 bits per heavy atom. The number of aromatic carboxylic acids is 1. The monoisotopic (exact) mass is 387 g/mol. The summed E-state index contributed by atoms with van der Waals surface area (Å²) in [5, 5.41) is 9.25. The van der Waals surface area contributed by atoms with E-state index in [9.17, 15) is 14.7 Å². The van der Waals surface area contributed by atoms with E-state index in [-0.39, 0.29) is 29.2 Å². The number of hydrogen-bond donors (Lipinski definition) is 1. The van der Waals surface area contributed by atoms with Gasteiger partial charge in [-0.25, -0.2) is 9.59 Å². The van der Waals surface area contributed by atoms with Gasteiger partial charge in [-0.05, 0) is 33.6 Å². The molecule has 2 atom stereocenters. The largest absolute Gasteiger partial charge is 0.488 e. The van der Waals surface area contributed by atoms with E-state index in [4.69, 9.17) is 21.1 Å². The van der Waals surface area contributed by atoms with E-state index in [2.05, 4.69) is 0 Å². The predicted molar refractivity (Wildman–Crippen MR) is 94.8 cm³/mol. The third-order valence-corrected chi connectivity index (χ3v) is 5.68. The zero-order valence-corrected chi connectivity index (χ0v) is 16.0. The van der Waals surface area contributed by atoms with E-state index >= 15 is 0 Å². The number of carboxylic acid groups (broad SMARTS) is 1. The number of fused-ring (bicyclic) bond motifs is 2. The van der Waals surface area contributed by atoms with E-state index in [1.54, 1.807) is 6.07 Å². The number of carbonyl (C=O) groups excluding carboxylic acids is 1. The number of hydrogen-bond acceptors (Lipinski definition) is 5. The van der Waals surface area contributed by atoms with Crippen LogP contribution in [-0.2, 0) is 4.74 Å². The summed E-state index contributed by atoms with van der Waals surface area (Å²) in [6.45, 7) is 5.57. The molecule has 0 spiro atoms. The maximum atomic E-state index is 12.5. The maximum Gasteiger partial charge on any atom is 0.410 e. The fourth-order valence-corrected chi connectivity index (χ4v) is 4.58. The summed E-state index contributed by atoms with van der Waals surface area (Å²) < 4.78 is 11.9. The van der Waals surface area contributed by atoms with Crippen LogP contribution in [0.3, 0.4) is 0 Å². The van der Waals surface area contributed by atoms with Crippen LogP contribution in [0.4, 0.5) is 4.79 Å². The van der Waals surface area contributed by atoms with Crippen molar-refractivity contribution in [3.8, 4) is 5.75 Å². The van der Waals surface area contributed by atoms with Crippen molar-refractivity contribution >= 4 is 35.0 Å². The normalized spacial score (nSPS) is 25.8. The van der Waals surface area contributed by atoms with Gasteiger partial charge in [-0.2, -0.15) is 0 Å². The number of amides is 1. The number of halogens is 1. The first-order valence-corrected chi connectivity index (χ1v) is 9.54. The van der Waals surface area contributed by atoms with E-state index in [1.807, 2.05) is 25.7 Å². The molecular formula is C17H22ClNO5S. The van der Waals surface area contributed by atoms with Gasteiger partial charge in [0.15, 0.2) is 4.88 Å². The quantitative estimate of drug-likeness (QED) is 0.831. The number of carboxylic acids is 1. The van der Waals surface area contributed by atoms with Gasteiger partial charge < -0.3 is 19.5 Å². The second kappa shape index (κ2) is 6.68. The van der Waals surface area contributed by atoms with Crippen LogP contribution in [0.25, 0.3) is 0 Å². The van der Waals surface area contributed by atoms with E-state index in [0.29, 0.717) is 22.9 Å². The van der Waals surface area contributed by atoms with Crippen molar-refractivity contribution in [1.29, 1.82) is 0 Å². The van der Waals surface area contributed by atoms with Gasteiger partial charge in [-0.1, -0.05) is 11.6 Å². The average molecular weight is 388 g/mol. The van der Waals surface area contributed by atoms with Crippen molar-refractivity contribution in [2.24, 2.45) is 0 Å². The Balaban J connectivity index is 1.68. The zero-order chi connectivity index (χ0) is 18.4. The molecule has 2 saturated heterocycles. The molecule has 138 valence electrons. The SMILES string of the molecule is CC(C)(C)OC(=O)N1C2CCC1CC(Oc1cc(Cl)sc1C(=O)O)C2. The molecule has 2 unspecified atom stereocenters. The lowest BCUT2D eigenvalue weighted by Crippen LogP contribution is -2.50. The average Bonchev–Trinajstić information content (AvgIpc) is 2.95. The summed E-state index contributed by atoms with van der Waals surface area (Å²) in [5.74, 6) is -0.723. The lowest BCUT2D eigenvalue weighted by Gasteiger charge is -2.39. The van der Waals surface area contributed by atoms with Gasteiger partial charge in [0.2, 0.25) is 0 Å². The van der Waals surface area contributed by atoms with Crippen LogP contribution in [-0.4, -0.2) is 45.9 Å². The number of piperidine rings is 1. The third-order valence-electron chi connectivity index (χ3n) is 4.45. The molecule has 2 fully saturated rings. The highest BCUT2D eigenvalue weighted by atomic mass is 35.5. The van der Waals surface area contributed by atoms with Gasteiger partial charge >= 0.3 is 12.1 Å². The number of rotatable bonds is 3. The van der Waals surface area contributed by atoms with E-state index in [0.717, 1.165) is 24.2 Å². The molecule has 2 aliphatic heterocycles. The van der Waals surface area contributed by atoms with Gasteiger partial charge in [0.25, 0.3) is 0 Å². The number of ether oxygens (including phenoxy) is 2. The summed E-state index contributed by atoms with van der Waals surface area (Å²) in [7, 11) is 0. The van der Waals surface area contributed by atoms with Crippen LogP contribution in [0.15, 0.2) is 6.07 Å². The highest BCUT2D eigenvalue weighted by molar-refractivity contribution is 7.18. The predicted octanol–water partition coefficient (Wildman–Crippen LogP) is 4.41. The molecule has 1 aromatic rings. The highest BCUT2D eigenvalue weighted by Gasteiger charge is 2.45. The maximum absolute atomic E-state index is 12.5. The van der Waals surface area contributed by atoms with E-state index in [1.165, 1.54) is 0 Å². The number of thiophene rings is 1. The lowest BCUT2D eigenvalue weighted by atomic mass is 10.00. The van der Waals surface area contributed by atoms with Gasteiger partial charge in [-0.15, -0.1) is 11.3 Å². The van der Waals surface area contributed by atoms with Crippen molar-refractivity contribution in [3.63, 3.8) is 0 Å². The molecule has 1 N–H and O–H groups in total. The Hall–Kier alpha value is -1.47. The van der Waals surface area contributed by atoms with Gasteiger partial charge in [0.1, 0.15) is 17.5 Å². The molecular weight excluding hydrogens is 366 g/mol. The smallest absolute Gasteiger partial charge is 0.410 e. The highest BCUT2D eigenvalue weighted by Crippen LogP contribution is 2.40. The molecule has 1 aromatic heterocycles. The summed E-state index contributed by atoms with van der Waals surface area (Å²) in [4.78, 5) is 25.7. The van der Waals surface area contributed by atoms with Crippen LogP contribution in [0, 0.1) is 0 Å². The summed E-state index contributed by atoms with van der Waals surface area (Å²) in [6, 6.07) is 1.69. The summed E-state index contributed by atoms with van der Waals surface area (Å²) in [5.41, 5.74) is -0.520. The Morgan fingerprint density at radius 2 is 1.88 bits per heavy atom. The van der Waals surface area contributed by atoms with Crippen molar-refractivity contribution in [2.75, 3.05) is 0 Å². The minimum atomic E-state index is -1.04. The molecule has 25 heavy (non-hydrogen) atoms. The molecule has 2 bridgehead atoms. The molecule has 0 aliphatic carbocycles. The topological polar surface area (TPSA) is 76.1 Å². The van der Waals surface area contributed by atoms with Gasteiger partial charge in [0, 0.05) is 31.0 Å². The second-order valence-corrected chi connectivity index (χ2v) is 9.22. The molecule has 0 aromatic carbocycles. The molecule has 6 nitrogen and oxygen atoms in total. The van der Waals surface area contributed by atoms with Crippen LogP contribution >= 0.6 is 22.9 Å². The van der Waals surface area contributed by atoms with Crippen LogP contribution < -0.4 is 4.74 Å². The minimum Gasteiger partial charge on any atom is -0.488 e. The fraction of sp³-hybridized carbons (Fsp3) is 0.647. The Morgan fingerprint density at radius 3 is 2.40 bits per heavy atom. The van der Waals surface area contributed by atoms with Crippen LogP contribution in [0.1, 0.15) is 56.1 Å². The first-order chi connectivity index (χ1) is 11.6. The standard InChI is InChI=1S/C17H22ClNO5S/c1-17(2,3)24-16(22)19-9-4-5-10(19)7-11(6-9)23-12-8-13(18)25-14(12)15(20)21/h8-11H,4-7H2,1-3H3,(H,20,21). The summed E-state index contributed by atoms with van der Waals surface area (Å²) >= 11 is 6.93. The molecule has 1 amide bonds. The Labute approximate surface area is 155 Å². The van der Waals surface area contributed by atoms with Crippen molar-refractivity contribution in [2.45, 2.75) is 70.2 Å². The van der Waals surface area contributed by atoms with Crippen molar-refractivity contribution in [1.82, 2.24) is 4.90 Å². The minimum absolute atomic E-state index is 0.0704. The molecule has 0 radical (unpaired) electrons. The van der Waals surface area contributed by atoms with E-state index < -0.39 is 11.6 Å². The van der Waals surface area contributed by atoms with Crippen molar-refractivity contribution < 1.29 is 24.2 Å². The number of nitrogens with zero attached hydrogens (tertiary/aromatic N) is 1. The molecule has 0 saturated carbocycles. The van der Waals surface area contributed by atoms with Gasteiger partial charge in [-0.3, -0.25) is 0 Å². The summed E-state index contributed by atoms with van der Waals surface area (Å²) in [6.07, 6.45) is 2.77. The third kappa shape index (κ3) is 4.03. The van der Waals surface area contributed by atoms with Gasteiger partial charge in [0.05, 0.1) is 4.34 Å².